The van der Waals surface area contributed by atoms with Gasteiger partial charge in [0.15, 0.2) is 6.04 Å². The Morgan fingerprint density at radius 2 is 1.57 bits per heavy atom. The lowest BCUT2D eigenvalue weighted by Crippen LogP contribution is -2.59. The smallest absolute Gasteiger partial charge is 0.407 e. The lowest BCUT2D eigenvalue weighted by atomic mass is 9.98. The summed E-state index contributed by atoms with van der Waals surface area (Å²) in [7, 11) is 0. The zero-order valence-corrected chi connectivity index (χ0v) is 21.8. The molecule has 0 spiro atoms. The molecule has 3 unspecified atom stereocenters. The number of carbonyl (C=O) groups excluding carboxylic acids is 3. The van der Waals surface area contributed by atoms with Gasteiger partial charge in [0.2, 0.25) is 5.91 Å². The summed E-state index contributed by atoms with van der Waals surface area (Å²) >= 11 is 0. The van der Waals surface area contributed by atoms with Crippen molar-refractivity contribution in [1.82, 2.24) is 15.8 Å². The first-order valence-electron chi connectivity index (χ1n) is 13.0. The number of hydrogen-bond donors (Lipinski definition) is 3. The van der Waals surface area contributed by atoms with Crippen molar-refractivity contribution in [2.45, 2.75) is 44.1 Å². The van der Waals surface area contributed by atoms with Crippen LogP contribution in [0.2, 0.25) is 0 Å². The van der Waals surface area contributed by atoms with Crippen LogP contribution in [0.3, 0.4) is 0 Å². The number of carbonyl (C=O) groups is 4. The molecule has 1 aliphatic carbocycles. The van der Waals surface area contributed by atoms with Crippen LogP contribution < -0.4 is 10.7 Å². The van der Waals surface area contributed by atoms with E-state index >= 15 is 0 Å². The highest BCUT2D eigenvalue weighted by Crippen LogP contribution is 2.44. The molecule has 3 atom stereocenters. The summed E-state index contributed by atoms with van der Waals surface area (Å²) in [6.07, 6.45) is -2.15. The van der Waals surface area contributed by atoms with Gasteiger partial charge in [-0.1, -0.05) is 78.9 Å². The van der Waals surface area contributed by atoms with Crippen molar-refractivity contribution in [1.29, 1.82) is 0 Å². The summed E-state index contributed by atoms with van der Waals surface area (Å²) in [6, 6.07) is 22.3. The van der Waals surface area contributed by atoms with Crippen molar-refractivity contribution in [2.24, 2.45) is 0 Å². The maximum Gasteiger partial charge on any atom is 0.407 e. The Morgan fingerprint density at radius 1 is 0.975 bits per heavy atom. The van der Waals surface area contributed by atoms with Crippen LogP contribution in [0.4, 0.5) is 4.79 Å². The van der Waals surface area contributed by atoms with Crippen molar-refractivity contribution in [3.63, 3.8) is 0 Å². The third kappa shape index (κ3) is 5.52. The normalized spacial score (nSPS) is 17.4. The number of amides is 3. The van der Waals surface area contributed by atoms with E-state index in [0.717, 1.165) is 32.8 Å². The lowest BCUT2D eigenvalue weighted by molar-refractivity contribution is -0.153. The van der Waals surface area contributed by atoms with Crippen LogP contribution in [0.25, 0.3) is 11.1 Å². The van der Waals surface area contributed by atoms with Gasteiger partial charge in [-0.15, -0.1) is 0 Å². The number of benzene rings is 3. The van der Waals surface area contributed by atoms with E-state index in [9.17, 15) is 24.3 Å². The highest BCUT2D eigenvalue weighted by Gasteiger charge is 2.43. The summed E-state index contributed by atoms with van der Waals surface area (Å²) in [5, 5.41) is 12.8. The number of rotatable bonds is 9. The number of ether oxygens (including phenoxy) is 2. The van der Waals surface area contributed by atoms with Crippen LogP contribution in [0.1, 0.15) is 36.0 Å². The van der Waals surface area contributed by atoms with Gasteiger partial charge in [0.05, 0.1) is 19.1 Å². The van der Waals surface area contributed by atoms with E-state index in [0.29, 0.717) is 0 Å². The van der Waals surface area contributed by atoms with Gasteiger partial charge < -0.3 is 19.9 Å². The molecule has 3 aromatic carbocycles. The standard InChI is InChI=1S/C30H29N3O7/c1-18(39-16-19-9-3-2-4-10-19)27(28(35)33-25(29(36)37)15-26(34)32-33)31-30(38)40-17-24-22-13-7-5-11-20(22)21-12-6-8-14-23(21)24/h2-14,18,24-25,27H,15-17H2,1H3,(H,31,38)(H,32,34)(H,36,37). The van der Waals surface area contributed by atoms with Gasteiger partial charge in [-0.3, -0.25) is 15.0 Å². The van der Waals surface area contributed by atoms with E-state index in [1.807, 2.05) is 78.9 Å². The number of aliphatic carboxylic acids is 1. The Hall–Kier alpha value is -4.70. The zero-order valence-electron chi connectivity index (χ0n) is 21.8. The molecule has 1 fully saturated rings. The molecule has 5 rings (SSSR count). The van der Waals surface area contributed by atoms with Crippen LogP contribution in [0.5, 0.6) is 0 Å². The van der Waals surface area contributed by atoms with Crippen molar-refractivity contribution in [2.75, 3.05) is 6.61 Å². The van der Waals surface area contributed by atoms with Gasteiger partial charge in [-0.25, -0.2) is 14.6 Å². The first kappa shape index (κ1) is 26.9. The molecule has 3 N–H and O–H groups in total. The number of carboxylic acids is 1. The number of fused-ring (bicyclic) bond motifs is 3. The van der Waals surface area contributed by atoms with Gasteiger partial charge >= 0.3 is 12.1 Å². The van der Waals surface area contributed by atoms with Crippen LogP contribution in [-0.2, 0) is 30.5 Å². The quantitative estimate of drug-likeness (QED) is 0.377. The number of nitrogens with zero attached hydrogens (tertiary/aromatic N) is 1. The Balaban J connectivity index is 1.31. The molecule has 40 heavy (non-hydrogen) atoms. The number of carboxylic acid groups (broad SMARTS) is 1. The fourth-order valence-electron chi connectivity index (χ4n) is 5.13. The minimum absolute atomic E-state index is 0.0260. The Bertz CT molecular complexity index is 1380. The summed E-state index contributed by atoms with van der Waals surface area (Å²) in [5.74, 6) is -2.97. The minimum Gasteiger partial charge on any atom is -0.480 e. The summed E-state index contributed by atoms with van der Waals surface area (Å²) in [4.78, 5) is 50.2. The average Bonchev–Trinajstić information content (AvgIpc) is 3.52. The Kier molecular flexibility index (Phi) is 7.79. The van der Waals surface area contributed by atoms with Crippen molar-refractivity contribution >= 4 is 23.9 Å². The molecule has 3 aromatic rings. The molecule has 3 amide bonds. The summed E-state index contributed by atoms with van der Waals surface area (Å²) in [6.45, 7) is 1.76. The second-order valence-electron chi connectivity index (χ2n) is 9.75. The van der Waals surface area contributed by atoms with Gasteiger partial charge in [0.25, 0.3) is 5.91 Å². The molecule has 1 saturated heterocycles. The molecule has 206 valence electrons. The predicted octanol–water partition coefficient (Wildman–Crippen LogP) is 3.22. The second kappa shape index (κ2) is 11.6. The molecule has 1 heterocycles. The number of alkyl carbamates (subject to hydrolysis) is 1. The maximum absolute atomic E-state index is 13.5. The number of hydrogen-bond acceptors (Lipinski definition) is 6. The van der Waals surface area contributed by atoms with E-state index in [2.05, 4.69) is 10.7 Å². The van der Waals surface area contributed by atoms with E-state index in [1.54, 1.807) is 6.92 Å². The summed E-state index contributed by atoms with van der Waals surface area (Å²) < 4.78 is 11.5. The van der Waals surface area contributed by atoms with E-state index in [-0.39, 0.29) is 19.1 Å². The molecule has 0 bridgehead atoms. The SMILES string of the molecule is CC(OCc1ccccc1)C(NC(=O)OCC1c2ccccc2-c2ccccc21)C(=O)N1NC(=O)CC1C(=O)O. The highest BCUT2D eigenvalue weighted by molar-refractivity contribution is 5.96. The average molecular weight is 544 g/mol. The highest BCUT2D eigenvalue weighted by atomic mass is 16.5. The van der Waals surface area contributed by atoms with Crippen LogP contribution in [0, 0.1) is 0 Å². The van der Waals surface area contributed by atoms with Crippen molar-refractivity contribution in [3.05, 3.63) is 95.6 Å². The molecule has 10 nitrogen and oxygen atoms in total. The van der Waals surface area contributed by atoms with Crippen LogP contribution in [0.15, 0.2) is 78.9 Å². The number of hydrazine groups is 1. The third-order valence-electron chi connectivity index (χ3n) is 7.17. The molecule has 2 aliphatic rings. The summed E-state index contributed by atoms with van der Waals surface area (Å²) in [5.41, 5.74) is 7.35. The van der Waals surface area contributed by atoms with E-state index in [4.69, 9.17) is 9.47 Å². The fraction of sp³-hybridized carbons (Fsp3) is 0.267. The molecule has 0 aromatic heterocycles. The first-order chi connectivity index (χ1) is 19.3. The topological polar surface area (TPSA) is 134 Å². The monoisotopic (exact) mass is 543 g/mol. The lowest BCUT2D eigenvalue weighted by Gasteiger charge is -2.29. The van der Waals surface area contributed by atoms with E-state index in [1.165, 1.54) is 0 Å². The van der Waals surface area contributed by atoms with Gasteiger partial charge in [0, 0.05) is 5.92 Å². The van der Waals surface area contributed by atoms with Crippen molar-refractivity contribution < 1.29 is 33.8 Å². The molecular formula is C30H29N3O7. The molecular weight excluding hydrogens is 514 g/mol. The third-order valence-corrected chi connectivity index (χ3v) is 7.17. The Labute approximate surface area is 230 Å². The van der Waals surface area contributed by atoms with Gasteiger partial charge in [-0.05, 0) is 34.7 Å². The predicted molar refractivity (Wildman–Crippen MR) is 144 cm³/mol. The largest absolute Gasteiger partial charge is 0.480 e. The molecule has 10 heteroatoms. The maximum atomic E-state index is 13.5. The van der Waals surface area contributed by atoms with Crippen LogP contribution in [-0.4, -0.2) is 58.8 Å². The minimum atomic E-state index is -1.41. The fourth-order valence-corrected chi connectivity index (χ4v) is 5.13. The molecule has 0 saturated carbocycles. The van der Waals surface area contributed by atoms with Crippen molar-refractivity contribution in [3.8, 4) is 11.1 Å². The first-order valence-corrected chi connectivity index (χ1v) is 13.0. The molecule has 0 radical (unpaired) electrons. The molecule has 1 aliphatic heterocycles. The zero-order chi connectivity index (χ0) is 28.2. The second-order valence-corrected chi connectivity index (χ2v) is 9.75. The van der Waals surface area contributed by atoms with Gasteiger partial charge in [-0.2, -0.15) is 0 Å². The van der Waals surface area contributed by atoms with E-state index < -0.39 is 48.5 Å². The number of nitrogens with one attached hydrogen (secondary N) is 2. The van der Waals surface area contributed by atoms with Crippen LogP contribution >= 0.6 is 0 Å². The van der Waals surface area contributed by atoms with Gasteiger partial charge in [0.1, 0.15) is 12.6 Å². The Morgan fingerprint density at radius 3 is 2.20 bits per heavy atom.